The second-order valence-electron chi connectivity index (χ2n) is 4.43. The summed E-state index contributed by atoms with van der Waals surface area (Å²) in [6.45, 7) is 1.87. The van der Waals surface area contributed by atoms with Gasteiger partial charge in [-0.2, -0.15) is 0 Å². The predicted octanol–water partition coefficient (Wildman–Crippen LogP) is 3.60. The molecular weight excluding hydrogens is 196 g/mol. The molecule has 1 heterocycles. The monoisotopic (exact) mass is 216 g/mol. The number of allylic oxidation sites excluding steroid dienone is 1. The molecule has 0 radical (unpaired) electrons. The SMILES string of the molecule is C(=C/[C@@H]1CCCOC1)/CCc1ccccc1. The average molecular weight is 216 g/mol. The number of hydrogen-bond acceptors (Lipinski definition) is 1. The molecule has 1 aliphatic heterocycles. The van der Waals surface area contributed by atoms with E-state index in [1.54, 1.807) is 0 Å². The van der Waals surface area contributed by atoms with Gasteiger partial charge in [0.05, 0.1) is 6.61 Å². The van der Waals surface area contributed by atoms with E-state index in [0.29, 0.717) is 5.92 Å². The lowest BCUT2D eigenvalue weighted by atomic mass is 10.0. The van der Waals surface area contributed by atoms with Crippen molar-refractivity contribution < 1.29 is 4.74 Å². The van der Waals surface area contributed by atoms with Crippen molar-refractivity contribution in [2.75, 3.05) is 13.2 Å². The van der Waals surface area contributed by atoms with E-state index in [1.807, 2.05) is 0 Å². The molecule has 1 saturated heterocycles. The van der Waals surface area contributed by atoms with Crippen LogP contribution < -0.4 is 0 Å². The highest BCUT2D eigenvalue weighted by atomic mass is 16.5. The van der Waals surface area contributed by atoms with Gasteiger partial charge in [0, 0.05) is 12.5 Å². The number of hydrogen-bond donors (Lipinski definition) is 0. The molecule has 0 aromatic heterocycles. The Bertz CT molecular complexity index is 309. The Morgan fingerprint density at radius 2 is 2.12 bits per heavy atom. The summed E-state index contributed by atoms with van der Waals surface area (Å²) < 4.78 is 5.45. The van der Waals surface area contributed by atoms with Gasteiger partial charge in [-0.1, -0.05) is 42.5 Å². The van der Waals surface area contributed by atoms with Crippen molar-refractivity contribution in [2.24, 2.45) is 5.92 Å². The third-order valence-corrected chi connectivity index (χ3v) is 3.05. The summed E-state index contributed by atoms with van der Waals surface area (Å²) in [5.74, 6) is 0.657. The van der Waals surface area contributed by atoms with Crippen molar-refractivity contribution in [2.45, 2.75) is 25.7 Å². The van der Waals surface area contributed by atoms with Gasteiger partial charge in [-0.25, -0.2) is 0 Å². The highest BCUT2D eigenvalue weighted by Gasteiger charge is 2.09. The topological polar surface area (TPSA) is 9.23 Å². The van der Waals surface area contributed by atoms with Gasteiger partial charge in [-0.3, -0.25) is 0 Å². The molecule has 0 spiro atoms. The fraction of sp³-hybridized carbons (Fsp3) is 0.467. The summed E-state index contributed by atoms with van der Waals surface area (Å²) in [6.07, 6.45) is 9.44. The molecule has 0 unspecified atom stereocenters. The molecular formula is C15H20O. The zero-order valence-electron chi connectivity index (χ0n) is 9.77. The van der Waals surface area contributed by atoms with Crippen LogP contribution in [0.15, 0.2) is 42.5 Å². The zero-order valence-corrected chi connectivity index (χ0v) is 9.77. The fourth-order valence-corrected chi connectivity index (χ4v) is 2.10. The third kappa shape index (κ3) is 3.82. The van der Waals surface area contributed by atoms with Gasteiger partial charge in [0.25, 0.3) is 0 Å². The number of aryl methyl sites for hydroxylation is 1. The highest BCUT2D eigenvalue weighted by Crippen LogP contribution is 2.15. The van der Waals surface area contributed by atoms with Crippen LogP contribution in [0, 0.1) is 5.92 Å². The van der Waals surface area contributed by atoms with Crippen LogP contribution >= 0.6 is 0 Å². The molecule has 0 saturated carbocycles. The average Bonchev–Trinajstić information content (AvgIpc) is 2.37. The van der Waals surface area contributed by atoms with E-state index in [4.69, 9.17) is 4.74 Å². The Morgan fingerprint density at radius 3 is 2.88 bits per heavy atom. The van der Waals surface area contributed by atoms with Crippen LogP contribution in [-0.4, -0.2) is 13.2 Å². The van der Waals surface area contributed by atoms with Crippen molar-refractivity contribution in [1.82, 2.24) is 0 Å². The van der Waals surface area contributed by atoms with Crippen LogP contribution in [0.1, 0.15) is 24.8 Å². The van der Waals surface area contributed by atoms with Gasteiger partial charge in [0.15, 0.2) is 0 Å². The molecule has 0 bridgehead atoms. The van der Waals surface area contributed by atoms with Gasteiger partial charge in [0.2, 0.25) is 0 Å². The normalized spacial score (nSPS) is 21.4. The van der Waals surface area contributed by atoms with Crippen LogP contribution in [0.5, 0.6) is 0 Å². The molecule has 0 aliphatic carbocycles. The second kappa shape index (κ2) is 6.49. The van der Waals surface area contributed by atoms with E-state index >= 15 is 0 Å². The molecule has 1 aliphatic rings. The lowest BCUT2D eigenvalue weighted by Crippen LogP contribution is -2.14. The molecule has 86 valence electrons. The minimum absolute atomic E-state index is 0.657. The first kappa shape index (κ1) is 11.4. The summed E-state index contributed by atoms with van der Waals surface area (Å²) in [6, 6.07) is 10.7. The van der Waals surface area contributed by atoms with Crippen molar-refractivity contribution >= 4 is 0 Å². The van der Waals surface area contributed by atoms with Crippen molar-refractivity contribution in [3.05, 3.63) is 48.0 Å². The molecule has 1 fully saturated rings. The first-order valence-corrected chi connectivity index (χ1v) is 6.23. The van der Waals surface area contributed by atoms with Crippen LogP contribution in [0.3, 0.4) is 0 Å². The summed E-state index contributed by atoms with van der Waals surface area (Å²) in [4.78, 5) is 0. The third-order valence-electron chi connectivity index (χ3n) is 3.05. The summed E-state index contributed by atoms with van der Waals surface area (Å²) in [5.41, 5.74) is 1.42. The Kier molecular flexibility index (Phi) is 4.63. The van der Waals surface area contributed by atoms with Crippen molar-refractivity contribution in [1.29, 1.82) is 0 Å². The van der Waals surface area contributed by atoms with E-state index in [1.165, 1.54) is 18.4 Å². The predicted molar refractivity (Wildman–Crippen MR) is 67.4 cm³/mol. The molecule has 1 aromatic carbocycles. The molecule has 2 rings (SSSR count). The van der Waals surface area contributed by atoms with Gasteiger partial charge in [-0.05, 0) is 31.2 Å². The molecule has 1 atom stereocenters. The Labute approximate surface area is 98.1 Å². The van der Waals surface area contributed by atoms with E-state index in [2.05, 4.69) is 42.5 Å². The maximum Gasteiger partial charge on any atom is 0.0528 e. The fourth-order valence-electron chi connectivity index (χ4n) is 2.10. The van der Waals surface area contributed by atoms with E-state index in [9.17, 15) is 0 Å². The van der Waals surface area contributed by atoms with E-state index in [0.717, 1.165) is 26.1 Å². The Hall–Kier alpha value is -1.08. The van der Waals surface area contributed by atoms with Crippen LogP contribution in [0.4, 0.5) is 0 Å². The number of ether oxygens (including phenoxy) is 1. The Balaban J connectivity index is 1.69. The quantitative estimate of drug-likeness (QED) is 0.699. The lowest BCUT2D eigenvalue weighted by Gasteiger charge is -2.18. The maximum atomic E-state index is 5.45. The van der Waals surface area contributed by atoms with Crippen LogP contribution in [-0.2, 0) is 11.2 Å². The summed E-state index contributed by atoms with van der Waals surface area (Å²) in [7, 11) is 0. The maximum absolute atomic E-state index is 5.45. The van der Waals surface area contributed by atoms with Gasteiger partial charge in [0.1, 0.15) is 0 Å². The van der Waals surface area contributed by atoms with Crippen LogP contribution in [0.25, 0.3) is 0 Å². The largest absolute Gasteiger partial charge is 0.381 e. The van der Waals surface area contributed by atoms with E-state index < -0.39 is 0 Å². The number of rotatable bonds is 4. The second-order valence-corrected chi connectivity index (χ2v) is 4.43. The molecule has 0 amide bonds. The minimum Gasteiger partial charge on any atom is -0.381 e. The molecule has 16 heavy (non-hydrogen) atoms. The summed E-state index contributed by atoms with van der Waals surface area (Å²) in [5, 5.41) is 0. The van der Waals surface area contributed by atoms with Gasteiger partial charge in [-0.15, -0.1) is 0 Å². The van der Waals surface area contributed by atoms with Crippen LogP contribution in [0.2, 0.25) is 0 Å². The first-order valence-electron chi connectivity index (χ1n) is 6.23. The zero-order chi connectivity index (χ0) is 11.1. The Morgan fingerprint density at radius 1 is 1.25 bits per heavy atom. The van der Waals surface area contributed by atoms with Crippen molar-refractivity contribution in [3.8, 4) is 0 Å². The lowest BCUT2D eigenvalue weighted by molar-refractivity contribution is 0.0709. The molecule has 1 nitrogen and oxygen atoms in total. The molecule has 1 heteroatoms. The minimum atomic E-state index is 0.657. The standard InChI is InChI=1S/C15H20O/c1-2-7-14(8-3-1)9-4-5-10-15-11-6-12-16-13-15/h1-3,5,7-8,10,15H,4,6,9,11-13H2/b10-5-/t15-/m1/s1. The summed E-state index contributed by atoms with van der Waals surface area (Å²) >= 11 is 0. The molecule has 0 N–H and O–H groups in total. The van der Waals surface area contributed by atoms with Gasteiger partial charge >= 0.3 is 0 Å². The highest BCUT2D eigenvalue weighted by molar-refractivity contribution is 5.15. The number of benzene rings is 1. The first-order chi connectivity index (χ1) is 7.95. The smallest absolute Gasteiger partial charge is 0.0528 e. The van der Waals surface area contributed by atoms with Crippen molar-refractivity contribution in [3.63, 3.8) is 0 Å². The van der Waals surface area contributed by atoms with Gasteiger partial charge < -0.3 is 4.74 Å². The van der Waals surface area contributed by atoms with E-state index in [-0.39, 0.29) is 0 Å². The molecule has 1 aromatic rings.